The minimum Gasteiger partial charge on any atom is -0.507 e. The van der Waals surface area contributed by atoms with E-state index in [0.29, 0.717) is 11.4 Å². The van der Waals surface area contributed by atoms with Crippen LogP contribution in [0.3, 0.4) is 0 Å². The molecule has 0 saturated heterocycles. The number of hydrogen-bond acceptors (Lipinski definition) is 4. The summed E-state index contributed by atoms with van der Waals surface area (Å²) in [5.41, 5.74) is 15.5. The fourth-order valence-corrected chi connectivity index (χ4v) is 10.0. The number of pyridine rings is 1. The van der Waals surface area contributed by atoms with E-state index in [1.807, 2.05) is 12.3 Å². The Morgan fingerprint density at radius 3 is 1.93 bits per heavy atom. The molecule has 5 nitrogen and oxygen atoms in total. The van der Waals surface area contributed by atoms with E-state index in [9.17, 15) is 5.11 Å². The molecule has 0 amide bonds. The van der Waals surface area contributed by atoms with Gasteiger partial charge in [-0.25, -0.2) is 4.98 Å². The van der Waals surface area contributed by atoms with Crippen molar-refractivity contribution in [3.63, 3.8) is 0 Å². The second-order valence-electron chi connectivity index (χ2n) is 23.6. The van der Waals surface area contributed by atoms with E-state index in [4.69, 9.17) is 14.4 Å². The molecule has 0 aliphatic rings. The van der Waals surface area contributed by atoms with E-state index in [0.717, 1.165) is 101 Å². The number of nitrogens with zero attached hydrogens (tertiary/aromatic N) is 3. The maximum Gasteiger partial charge on any atom is 0.149 e. The Morgan fingerprint density at radius 2 is 1.23 bits per heavy atom. The highest BCUT2D eigenvalue weighted by Gasteiger charge is 2.30. The molecule has 3 heterocycles. The number of furan rings is 1. The zero-order chi connectivity index (χ0) is 49.5. The molecule has 1 N–H and O–H groups in total. The van der Waals surface area contributed by atoms with Crippen molar-refractivity contribution in [2.45, 2.75) is 106 Å². The van der Waals surface area contributed by atoms with E-state index in [2.05, 4.69) is 233 Å². The van der Waals surface area contributed by atoms with Crippen molar-refractivity contribution in [3.8, 4) is 67.7 Å². The van der Waals surface area contributed by atoms with E-state index in [1.165, 1.54) is 11.1 Å². The maximum atomic E-state index is 12.6. The fourth-order valence-electron chi connectivity index (χ4n) is 10.0. The molecule has 10 rings (SSSR count). The molecule has 0 radical (unpaired) electrons. The van der Waals surface area contributed by atoms with Gasteiger partial charge >= 0.3 is 0 Å². The average molecular weight is 920 g/mol. The van der Waals surface area contributed by atoms with Crippen molar-refractivity contribution >= 4 is 32.8 Å². The summed E-state index contributed by atoms with van der Waals surface area (Å²) in [5.74, 6) is 1.74. The van der Waals surface area contributed by atoms with Crippen LogP contribution in [0.2, 0.25) is 0 Å². The van der Waals surface area contributed by atoms with Gasteiger partial charge in [-0.05, 0) is 115 Å². The van der Waals surface area contributed by atoms with Gasteiger partial charge in [0.05, 0.1) is 28.0 Å². The highest BCUT2D eigenvalue weighted by molar-refractivity contribution is 6.08. The Kier molecular flexibility index (Phi) is 11.3. The first-order valence-electron chi connectivity index (χ1n) is 24.7. The molecule has 7 aromatic carbocycles. The number of phenols is 1. The van der Waals surface area contributed by atoms with Crippen LogP contribution in [-0.4, -0.2) is 19.6 Å². The molecule has 5 heteroatoms. The number of phenolic OH excluding ortho intramolecular Hbond substituents is 1. The van der Waals surface area contributed by atoms with Crippen molar-refractivity contribution in [1.82, 2.24) is 14.5 Å². The summed E-state index contributed by atoms with van der Waals surface area (Å²) >= 11 is 0. The lowest BCUT2D eigenvalue weighted by Gasteiger charge is -2.28. The summed E-state index contributed by atoms with van der Waals surface area (Å²) < 4.78 is 8.87. The van der Waals surface area contributed by atoms with Crippen molar-refractivity contribution in [3.05, 3.63) is 180 Å². The molecule has 0 spiro atoms. The minimum atomic E-state index is -0.339. The van der Waals surface area contributed by atoms with Gasteiger partial charge in [-0.15, -0.1) is 0 Å². The third-order valence-corrected chi connectivity index (χ3v) is 13.7. The third kappa shape index (κ3) is 8.72. The van der Waals surface area contributed by atoms with E-state index < -0.39 is 0 Å². The van der Waals surface area contributed by atoms with E-state index in [1.54, 1.807) is 0 Å². The Morgan fingerprint density at radius 1 is 0.529 bits per heavy atom. The predicted octanol–water partition coefficient (Wildman–Crippen LogP) is 17.8. The summed E-state index contributed by atoms with van der Waals surface area (Å²) in [5, 5.41) is 15.8. The molecule has 10 aromatic rings. The van der Waals surface area contributed by atoms with Gasteiger partial charge in [0.2, 0.25) is 0 Å². The number of rotatable bonds is 7. The standard InChI is InChI=1S/C65H65N3O2/c1-62(2,3)39-40-25-27-42(28-26-40)57-38-51-56(70-57)31-32-66-58(51)44-33-43-21-16-17-22-47(43)50(34-44)48-23-18-24-55-59(48)67-61(52-36-46(64(7,8)9)37-53(60(52)69)65(10,11)12)68(55)54-30-29-45(63(4,5)6)35-49(54)41-19-14-13-15-20-41/h13-38,69H,39H2,1-12H3. The number of imidazole rings is 1. The average Bonchev–Trinajstić information content (AvgIpc) is 3.93. The zero-order valence-electron chi connectivity index (χ0n) is 42.9. The number of fused-ring (bicyclic) bond motifs is 3. The number of para-hydroxylation sites is 1. The van der Waals surface area contributed by atoms with Gasteiger partial charge in [-0.3, -0.25) is 9.55 Å². The molecule has 0 fully saturated rings. The van der Waals surface area contributed by atoms with Crippen LogP contribution in [0.1, 0.15) is 105 Å². The van der Waals surface area contributed by atoms with Gasteiger partial charge in [0.15, 0.2) is 0 Å². The van der Waals surface area contributed by atoms with Gasteiger partial charge in [0, 0.05) is 39.4 Å². The first-order chi connectivity index (χ1) is 33.1. The predicted molar refractivity (Wildman–Crippen MR) is 294 cm³/mol. The fraction of sp³-hybridized carbons (Fsp3) is 0.262. The lowest BCUT2D eigenvalue weighted by molar-refractivity contribution is 0.411. The van der Waals surface area contributed by atoms with Crippen molar-refractivity contribution in [2.75, 3.05) is 0 Å². The topological polar surface area (TPSA) is 64.1 Å². The lowest BCUT2D eigenvalue weighted by atomic mass is 9.79. The molecular formula is C65H65N3O2. The normalized spacial score (nSPS) is 12.7. The summed E-state index contributed by atoms with van der Waals surface area (Å²) in [4.78, 5) is 10.8. The minimum absolute atomic E-state index is 0.0865. The first-order valence-corrected chi connectivity index (χ1v) is 24.7. The maximum absolute atomic E-state index is 12.6. The monoisotopic (exact) mass is 920 g/mol. The van der Waals surface area contributed by atoms with Crippen molar-refractivity contribution in [2.24, 2.45) is 5.41 Å². The highest BCUT2D eigenvalue weighted by atomic mass is 16.3. The van der Waals surface area contributed by atoms with Crippen LogP contribution >= 0.6 is 0 Å². The molecule has 0 bridgehead atoms. The van der Waals surface area contributed by atoms with Gasteiger partial charge in [-0.2, -0.15) is 0 Å². The second kappa shape index (κ2) is 17.0. The smallest absolute Gasteiger partial charge is 0.149 e. The third-order valence-electron chi connectivity index (χ3n) is 13.7. The largest absolute Gasteiger partial charge is 0.507 e. The number of hydrogen-bond donors (Lipinski definition) is 1. The Balaban J connectivity index is 1.24. The van der Waals surface area contributed by atoms with Gasteiger partial charge in [0.1, 0.15) is 22.9 Å². The molecule has 0 atom stereocenters. The summed E-state index contributed by atoms with van der Waals surface area (Å²) in [7, 11) is 0. The number of aromatic nitrogens is 3. The van der Waals surface area contributed by atoms with Crippen LogP contribution in [0.25, 0.3) is 94.7 Å². The molecular weight excluding hydrogens is 855 g/mol. The summed E-state index contributed by atoms with van der Waals surface area (Å²) in [6.45, 7) is 26.8. The van der Waals surface area contributed by atoms with Crippen molar-refractivity contribution < 1.29 is 9.52 Å². The quantitative estimate of drug-likeness (QED) is 0.173. The molecule has 0 aliphatic heterocycles. The molecule has 0 saturated carbocycles. The Labute approximate surface area is 413 Å². The van der Waals surface area contributed by atoms with Crippen LogP contribution in [-0.2, 0) is 22.7 Å². The van der Waals surface area contributed by atoms with Crippen LogP contribution in [0.5, 0.6) is 5.75 Å². The summed E-state index contributed by atoms with van der Waals surface area (Å²) in [6, 6.07) is 54.3. The van der Waals surface area contributed by atoms with Crippen LogP contribution in [0, 0.1) is 5.41 Å². The van der Waals surface area contributed by atoms with E-state index >= 15 is 0 Å². The zero-order valence-corrected chi connectivity index (χ0v) is 42.9. The Hall–Kier alpha value is -7.24. The molecule has 0 aliphatic carbocycles. The SMILES string of the molecule is CC(C)(C)Cc1ccc(-c2cc3c(-c4cc(-c5cccc6c5nc(-c5cc(C(C)(C)C)cc(C(C)(C)C)c5O)n6-c5ccc(C(C)(C)C)cc5-c5ccccc5)c5ccccc5c4)nccc3o2)cc1. The van der Waals surface area contributed by atoms with E-state index in [-0.39, 0.29) is 27.4 Å². The molecule has 3 aromatic heterocycles. The number of aromatic hydroxyl groups is 1. The highest BCUT2D eigenvalue weighted by Crippen LogP contribution is 2.47. The summed E-state index contributed by atoms with van der Waals surface area (Å²) in [6.07, 6.45) is 2.85. The van der Waals surface area contributed by atoms with Crippen LogP contribution in [0.15, 0.2) is 162 Å². The lowest BCUT2D eigenvalue weighted by Crippen LogP contribution is -2.17. The Bertz CT molecular complexity index is 3600. The van der Waals surface area contributed by atoms with Gasteiger partial charge in [-0.1, -0.05) is 186 Å². The van der Waals surface area contributed by atoms with Crippen molar-refractivity contribution in [1.29, 1.82) is 0 Å². The van der Waals surface area contributed by atoms with Crippen LogP contribution in [0.4, 0.5) is 0 Å². The molecule has 352 valence electrons. The van der Waals surface area contributed by atoms with Crippen LogP contribution < -0.4 is 0 Å². The number of benzene rings is 7. The van der Waals surface area contributed by atoms with Gasteiger partial charge < -0.3 is 9.52 Å². The molecule has 70 heavy (non-hydrogen) atoms. The first kappa shape index (κ1) is 46.5. The second-order valence-corrected chi connectivity index (χ2v) is 23.6. The molecule has 0 unspecified atom stereocenters. The van der Waals surface area contributed by atoms with Gasteiger partial charge in [0.25, 0.3) is 0 Å².